The lowest BCUT2D eigenvalue weighted by Gasteiger charge is -2.32. The summed E-state index contributed by atoms with van der Waals surface area (Å²) >= 11 is 0. The summed E-state index contributed by atoms with van der Waals surface area (Å²) in [6.07, 6.45) is 1.05. The van der Waals surface area contributed by atoms with Gasteiger partial charge in [-0.2, -0.15) is 0 Å². The monoisotopic (exact) mass is 323 g/mol. The average molecular weight is 323 g/mol. The molecule has 0 fully saturated rings. The first-order valence-corrected chi connectivity index (χ1v) is 8.00. The fraction of sp³-hybridized carbons (Fsp3) is 0.611. The number of carbonyl (C=O) groups excluding carboxylic acids is 1. The topological polar surface area (TPSA) is 59.0 Å². The Morgan fingerprint density at radius 2 is 1.87 bits per heavy atom. The van der Waals surface area contributed by atoms with Crippen molar-refractivity contribution in [3.8, 4) is 5.75 Å². The van der Waals surface area contributed by atoms with Crippen LogP contribution >= 0.6 is 0 Å². The summed E-state index contributed by atoms with van der Waals surface area (Å²) in [5.41, 5.74) is 0.471. The Bertz CT molecular complexity index is 479. The SMILES string of the molecule is COc1ccc(CN(C(=O)OC(C)(C)C)C(C)CCCO)cc1. The Labute approximate surface area is 139 Å². The van der Waals surface area contributed by atoms with Gasteiger partial charge in [0.05, 0.1) is 7.11 Å². The van der Waals surface area contributed by atoms with Crippen LogP contribution in [-0.2, 0) is 11.3 Å². The van der Waals surface area contributed by atoms with Crippen LogP contribution < -0.4 is 4.74 Å². The van der Waals surface area contributed by atoms with Crippen molar-refractivity contribution in [1.29, 1.82) is 0 Å². The second kappa shape index (κ2) is 8.77. The molecule has 0 saturated heterocycles. The molecule has 0 saturated carbocycles. The number of nitrogens with zero attached hydrogens (tertiary/aromatic N) is 1. The maximum Gasteiger partial charge on any atom is 0.410 e. The molecule has 1 unspecified atom stereocenters. The smallest absolute Gasteiger partial charge is 0.410 e. The van der Waals surface area contributed by atoms with E-state index in [9.17, 15) is 4.79 Å². The van der Waals surface area contributed by atoms with E-state index >= 15 is 0 Å². The van der Waals surface area contributed by atoms with Crippen LogP contribution in [0, 0.1) is 0 Å². The highest BCUT2D eigenvalue weighted by atomic mass is 16.6. The minimum absolute atomic E-state index is 0.0147. The number of ether oxygens (including phenoxy) is 2. The molecule has 23 heavy (non-hydrogen) atoms. The molecule has 5 nitrogen and oxygen atoms in total. The van der Waals surface area contributed by atoms with E-state index in [1.807, 2.05) is 52.0 Å². The van der Waals surface area contributed by atoms with Crippen molar-refractivity contribution in [2.75, 3.05) is 13.7 Å². The maximum absolute atomic E-state index is 12.5. The van der Waals surface area contributed by atoms with Crippen LogP contribution in [0.5, 0.6) is 5.75 Å². The van der Waals surface area contributed by atoms with Crippen LogP contribution in [0.25, 0.3) is 0 Å². The fourth-order valence-electron chi connectivity index (χ4n) is 2.19. The summed E-state index contributed by atoms with van der Waals surface area (Å²) in [5.74, 6) is 0.783. The normalized spacial score (nSPS) is 12.6. The fourth-order valence-corrected chi connectivity index (χ4v) is 2.19. The summed E-state index contributed by atoms with van der Waals surface area (Å²) < 4.78 is 10.7. The average Bonchev–Trinajstić information content (AvgIpc) is 2.49. The zero-order valence-electron chi connectivity index (χ0n) is 14.8. The molecule has 1 aromatic carbocycles. The van der Waals surface area contributed by atoms with Gasteiger partial charge >= 0.3 is 6.09 Å². The van der Waals surface area contributed by atoms with Crippen LogP contribution in [0.3, 0.4) is 0 Å². The van der Waals surface area contributed by atoms with E-state index in [4.69, 9.17) is 14.6 Å². The van der Waals surface area contributed by atoms with E-state index < -0.39 is 5.60 Å². The van der Waals surface area contributed by atoms with Crippen molar-refractivity contribution < 1.29 is 19.4 Å². The molecule has 1 N–H and O–H groups in total. The lowest BCUT2D eigenvalue weighted by atomic mass is 10.1. The Morgan fingerprint density at radius 3 is 2.35 bits per heavy atom. The van der Waals surface area contributed by atoms with Gasteiger partial charge in [0.25, 0.3) is 0 Å². The third-order valence-corrected chi connectivity index (χ3v) is 3.45. The number of aliphatic hydroxyl groups is 1. The van der Waals surface area contributed by atoms with Crippen LogP contribution in [0.2, 0.25) is 0 Å². The number of hydrogen-bond donors (Lipinski definition) is 1. The molecule has 1 aromatic rings. The molecule has 0 heterocycles. The molecule has 1 rings (SSSR count). The second-order valence-electron chi connectivity index (χ2n) is 6.67. The zero-order valence-corrected chi connectivity index (χ0v) is 14.8. The van der Waals surface area contributed by atoms with Crippen molar-refractivity contribution in [3.05, 3.63) is 29.8 Å². The molecule has 1 atom stereocenters. The minimum Gasteiger partial charge on any atom is -0.497 e. The van der Waals surface area contributed by atoms with Crippen LogP contribution in [-0.4, -0.2) is 41.5 Å². The Balaban J connectivity index is 2.86. The first-order chi connectivity index (χ1) is 10.8. The van der Waals surface area contributed by atoms with Gasteiger partial charge in [-0.1, -0.05) is 12.1 Å². The highest BCUT2D eigenvalue weighted by molar-refractivity contribution is 5.68. The summed E-state index contributed by atoms with van der Waals surface area (Å²) in [6.45, 7) is 8.13. The third kappa shape index (κ3) is 6.91. The predicted octanol–water partition coefficient (Wildman–Crippen LogP) is 3.59. The third-order valence-electron chi connectivity index (χ3n) is 3.45. The van der Waals surface area contributed by atoms with Gasteiger partial charge in [0.15, 0.2) is 0 Å². The van der Waals surface area contributed by atoms with E-state index in [0.29, 0.717) is 13.0 Å². The molecule has 5 heteroatoms. The largest absolute Gasteiger partial charge is 0.497 e. The standard InChI is InChI=1S/C18H29NO4/c1-14(7-6-12-20)19(17(21)23-18(2,3)4)13-15-8-10-16(22-5)11-9-15/h8-11,14,20H,6-7,12-13H2,1-5H3. The van der Waals surface area contributed by atoms with Gasteiger partial charge in [-0.05, 0) is 58.2 Å². The van der Waals surface area contributed by atoms with E-state index in [0.717, 1.165) is 17.7 Å². The van der Waals surface area contributed by atoms with Crippen molar-refractivity contribution in [1.82, 2.24) is 4.90 Å². The Morgan fingerprint density at radius 1 is 1.26 bits per heavy atom. The molecule has 0 aliphatic heterocycles. The molecule has 0 aromatic heterocycles. The quantitative estimate of drug-likeness (QED) is 0.833. The van der Waals surface area contributed by atoms with E-state index in [1.165, 1.54) is 0 Å². The number of methoxy groups -OCH3 is 1. The van der Waals surface area contributed by atoms with Gasteiger partial charge in [-0.15, -0.1) is 0 Å². The number of aliphatic hydroxyl groups excluding tert-OH is 1. The highest BCUT2D eigenvalue weighted by Gasteiger charge is 2.26. The summed E-state index contributed by atoms with van der Waals surface area (Å²) in [5, 5.41) is 9.02. The molecule has 0 radical (unpaired) electrons. The van der Waals surface area contributed by atoms with Gasteiger partial charge < -0.3 is 19.5 Å². The number of benzene rings is 1. The summed E-state index contributed by atoms with van der Waals surface area (Å²) in [4.78, 5) is 14.2. The molecule has 0 aliphatic carbocycles. The van der Waals surface area contributed by atoms with Crippen LogP contribution in [0.1, 0.15) is 46.1 Å². The lowest BCUT2D eigenvalue weighted by Crippen LogP contribution is -2.41. The molecule has 0 spiro atoms. The second-order valence-corrected chi connectivity index (χ2v) is 6.67. The summed E-state index contributed by atoms with van der Waals surface area (Å²) in [7, 11) is 1.62. The van der Waals surface area contributed by atoms with Crippen LogP contribution in [0.15, 0.2) is 24.3 Å². The lowest BCUT2D eigenvalue weighted by molar-refractivity contribution is 0.0142. The van der Waals surface area contributed by atoms with Crippen molar-refractivity contribution in [3.63, 3.8) is 0 Å². The zero-order chi connectivity index (χ0) is 17.5. The van der Waals surface area contributed by atoms with E-state index in [1.54, 1.807) is 12.0 Å². The van der Waals surface area contributed by atoms with Gasteiger partial charge in [0.1, 0.15) is 11.4 Å². The number of amides is 1. The molecular weight excluding hydrogens is 294 g/mol. The van der Waals surface area contributed by atoms with Gasteiger partial charge in [0, 0.05) is 19.2 Å². The summed E-state index contributed by atoms with van der Waals surface area (Å²) in [6, 6.07) is 7.62. The number of rotatable bonds is 7. The Kier molecular flexibility index (Phi) is 7.36. The van der Waals surface area contributed by atoms with Gasteiger partial charge in [0.2, 0.25) is 0 Å². The first-order valence-electron chi connectivity index (χ1n) is 8.00. The molecule has 130 valence electrons. The predicted molar refractivity (Wildman–Crippen MR) is 90.6 cm³/mol. The Hall–Kier alpha value is -1.75. The van der Waals surface area contributed by atoms with Crippen molar-refractivity contribution in [2.24, 2.45) is 0 Å². The molecule has 0 bridgehead atoms. The van der Waals surface area contributed by atoms with Gasteiger partial charge in [-0.3, -0.25) is 0 Å². The first kappa shape index (κ1) is 19.3. The number of carbonyl (C=O) groups is 1. The maximum atomic E-state index is 12.5. The van der Waals surface area contributed by atoms with Crippen LogP contribution in [0.4, 0.5) is 4.79 Å². The minimum atomic E-state index is -0.536. The van der Waals surface area contributed by atoms with E-state index in [-0.39, 0.29) is 18.7 Å². The highest BCUT2D eigenvalue weighted by Crippen LogP contribution is 2.19. The van der Waals surface area contributed by atoms with Crippen molar-refractivity contribution >= 4 is 6.09 Å². The number of hydrogen-bond acceptors (Lipinski definition) is 4. The molecular formula is C18H29NO4. The molecule has 0 aliphatic rings. The van der Waals surface area contributed by atoms with Gasteiger partial charge in [-0.25, -0.2) is 4.79 Å². The molecule has 1 amide bonds. The van der Waals surface area contributed by atoms with E-state index in [2.05, 4.69) is 0 Å². The van der Waals surface area contributed by atoms with Crippen molar-refractivity contribution in [2.45, 2.75) is 58.7 Å².